The third kappa shape index (κ3) is 3.46. The maximum absolute atomic E-state index is 12.6. The Morgan fingerprint density at radius 2 is 2.05 bits per heavy atom. The molecule has 1 atom stereocenters. The zero-order valence-corrected chi connectivity index (χ0v) is 12.7. The minimum absolute atomic E-state index is 0.289. The summed E-state index contributed by atoms with van der Waals surface area (Å²) in [5.41, 5.74) is 5.27. The fourth-order valence-corrected chi connectivity index (χ4v) is 4.63. The molecule has 0 spiro atoms. The number of rotatable bonds is 3. The summed E-state index contributed by atoms with van der Waals surface area (Å²) in [5, 5.41) is 0. The van der Waals surface area contributed by atoms with Crippen molar-refractivity contribution in [1.29, 1.82) is 0 Å². The van der Waals surface area contributed by atoms with E-state index in [-0.39, 0.29) is 5.92 Å². The Kier molecular flexibility index (Phi) is 4.52. The highest BCUT2D eigenvalue weighted by Crippen LogP contribution is 2.24. The van der Waals surface area contributed by atoms with E-state index in [9.17, 15) is 8.42 Å². The van der Waals surface area contributed by atoms with Gasteiger partial charge in [-0.2, -0.15) is 17.0 Å². The standard InChI is InChI=1S/C12H25N3O3S/c1-12(2)10-15(6-7-18-12)19(16,17)14-5-3-4-11(8-13)9-14/h11H,3-10,13H2,1-2H3. The molecule has 0 radical (unpaired) electrons. The van der Waals surface area contributed by atoms with E-state index in [4.69, 9.17) is 10.5 Å². The van der Waals surface area contributed by atoms with Crippen molar-refractivity contribution in [2.24, 2.45) is 11.7 Å². The first-order valence-corrected chi connectivity index (χ1v) is 8.34. The SMILES string of the molecule is CC1(C)CN(S(=O)(=O)N2CCCC(CN)C2)CCO1. The van der Waals surface area contributed by atoms with E-state index >= 15 is 0 Å². The van der Waals surface area contributed by atoms with Crippen LogP contribution < -0.4 is 5.73 Å². The Morgan fingerprint density at radius 1 is 1.32 bits per heavy atom. The molecule has 2 rings (SSSR count). The summed E-state index contributed by atoms with van der Waals surface area (Å²) in [4.78, 5) is 0. The zero-order chi connectivity index (χ0) is 14.1. The minimum atomic E-state index is -3.37. The molecule has 0 aromatic carbocycles. The number of nitrogens with zero attached hydrogens (tertiary/aromatic N) is 2. The fraction of sp³-hybridized carbons (Fsp3) is 1.00. The lowest BCUT2D eigenvalue weighted by Crippen LogP contribution is -2.56. The highest BCUT2D eigenvalue weighted by Gasteiger charge is 2.38. The van der Waals surface area contributed by atoms with Gasteiger partial charge in [-0.25, -0.2) is 0 Å². The van der Waals surface area contributed by atoms with Crippen LogP contribution in [0, 0.1) is 5.92 Å². The van der Waals surface area contributed by atoms with Gasteiger partial charge in [-0.05, 0) is 39.2 Å². The Bertz CT molecular complexity index is 410. The van der Waals surface area contributed by atoms with Gasteiger partial charge in [0.2, 0.25) is 0 Å². The van der Waals surface area contributed by atoms with E-state index in [2.05, 4.69) is 0 Å². The monoisotopic (exact) mass is 291 g/mol. The topological polar surface area (TPSA) is 75.9 Å². The fourth-order valence-electron chi connectivity index (χ4n) is 2.76. The Labute approximate surface area is 116 Å². The average Bonchev–Trinajstić information content (AvgIpc) is 2.37. The number of hydrogen-bond donors (Lipinski definition) is 1. The summed E-state index contributed by atoms with van der Waals surface area (Å²) in [6.07, 6.45) is 1.92. The van der Waals surface area contributed by atoms with Gasteiger partial charge in [0, 0.05) is 26.2 Å². The van der Waals surface area contributed by atoms with Crippen molar-refractivity contribution in [3.63, 3.8) is 0 Å². The van der Waals surface area contributed by atoms with Crippen LogP contribution in [0.1, 0.15) is 26.7 Å². The Hall–Kier alpha value is -0.210. The van der Waals surface area contributed by atoms with Crippen molar-refractivity contribution in [2.45, 2.75) is 32.3 Å². The first-order valence-electron chi connectivity index (χ1n) is 6.94. The molecule has 0 aromatic heterocycles. The molecular formula is C12H25N3O3S. The first kappa shape index (κ1) is 15.2. The van der Waals surface area contributed by atoms with E-state index in [1.807, 2.05) is 13.8 Å². The lowest BCUT2D eigenvalue weighted by atomic mass is 10.0. The van der Waals surface area contributed by atoms with Crippen LogP contribution >= 0.6 is 0 Å². The number of ether oxygens (including phenoxy) is 1. The van der Waals surface area contributed by atoms with Crippen LogP contribution in [-0.2, 0) is 14.9 Å². The maximum Gasteiger partial charge on any atom is 0.282 e. The lowest BCUT2D eigenvalue weighted by molar-refractivity contribution is -0.0654. The minimum Gasteiger partial charge on any atom is -0.373 e. The Balaban J connectivity index is 2.08. The largest absolute Gasteiger partial charge is 0.373 e. The van der Waals surface area contributed by atoms with Crippen LogP contribution in [0.4, 0.5) is 0 Å². The molecule has 2 N–H and O–H groups in total. The van der Waals surface area contributed by atoms with Gasteiger partial charge >= 0.3 is 0 Å². The first-order chi connectivity index (χ1) is 8.85. The normalized spacial score (nSPS) is 30.4. The van der Waals surface area contributed by atoms with Crippen molar-refractivity contribution < 1.29 is 13.2 Å². The summed E-state index contributed by atoms with van der Waals surface area (Å²) in [6.45, 7) is 6.88. The van der Waals surface area contributed by atoms with Crippen LogP contribution in [-0.4, -0.2) is 62.0 Å². The summed E-state index contributed by atoms with van der Waals surface area (Å²) in [7, 11) is -3.37. The van der Waals surface area contributed by atoms with E-state index < -0.39 is 15.8 Å². The summed E-state index contributed by atoms with van der Waals surface area (Å²) >= 11 is 0. The number of nitrogens with two attached hydrogens (primary N) is 1. The molecule has 2 aliphatic heterocycles. The average molecular weight is 291 g/mol. The van der Waals surface area contributed by atoms with Crippen molar-refractivity contribution in [1.82, 2.24) is 8.61 Å². The molecule has 19 heavy (non-hydrogen) atoms. The number of morpholine rings is 1. The second-order valence-electron chi connectivity index (χ2n) is 6.05. The van der Waals surface area contributed by atoms with Gasteiger partial charge in [-0.1, -0.05) is 0 Å². The molecule has 2 saturated heterocycles. The van der Waals surface area contributed by atoms with E-state index in [1.165, 1.54) is 0 Å². The van der Waals surface area contributed by atoms with Gasteiger partial charge in [0.25, 0.3) is 10.2 Å². The molecule has 2 fully saturated rings. The van der Waals surface area contributed by atoms with Gasteiger partial charge in [0.15, 0.2) is 0 Å². The molecule has 1 unspecified atom stereocenters. The summed E-state index contributed by atoms with van der Waals surface area (Å²) in [5.74, 6) is 0.289. The van der Waals surface area contributed by atoms with Crippen molar-refractivity contribution in [3.05, 3.63) is 0 Å². The number of piperidine rings is 1. The molecule has 0 amide bonds. The van der Waals surface area contributed by atoms with E-state index in [1.54, 1.807) is 8.61 Å². The highest BCUT2D eigenvalue weighted by molar-refractivity contribution is 7.86. The molecule has 0 bridgehead atoms. The smallest absolute Gasteiger partial charge is 0.282 e. The molecule has 6 nitrogen and oxygen atoms in total. The molecule has 2 heterocycles. The molecule has 112 valence electrons. The van der Waals surface area contributed by atoms with Crippen LogP contribution in [0.15, 0.2) is 0 Å². The van der Waals surface area contributed by atoms with Crippen LogP contribution in [0.25, 0.3) is 0 Å². The predicted octanol–water partition coefficient (Wildman–Crippen LogP) is 0.0127. The van der Waals surface area contributed by atoms with E-state index in [0.29, 0.717) is 39.3 Å². The molecule has 2 aliphatic rings. The second-order valence-corrected chi connectivity index (χ2v) is 7.98. The lowest BCUT2D eigenvalue weighted by Gasteiger charge is -2.41. The zero-order valence-electron chi connectivity index (χ0n) is 11.8. The second kappa shape index (κ2) is 5.65. The maximum atomic E-state index is 12.6. The van der Waals surface area contributed by atoms with Gasteiger partial charge in [-0.15, -0.1) is 0 Å². The van der Waals surface area contributed by atoms with Crippen LogP contribution in [0.5, 0.6) is 0 Å². The van der Waals surface area contributed by atoms with Crippen molar-refractivity contribution in [3.8, 4) is 0 Å². The predicted molar refractivity (Wildman–Crippen MR) is 73.9 cm³/mol. The quantitative estimate of drug-likeness (QED) is 0.795. The van der Waals surface area contributed by atoms with Gasteiger partial charge in [0.1, 0.15) is 0 Å². The number of hydrogen-bond acceptors (Lipinski definition) is 4. The Morgan fingerprint density at radius 3 is 2.68 bits per heavy atom. The van der Waals surface area contributed by atoms with Crippen molar-refractivity contribution in [2.75, 3.05) is 39.3 Å². The highest BCUT2D eigenvalue weighted by atomic mass is 32.2. The van der Waals surface area contributed by atoms with Gasteiger partial charge in [-0.3, -0.25) is 0 Å². The van der Waals surface area contributed by atoms with Gasteiger partial charge < -0.3 is 10.5 Å². The molecule has 0 aliphatic carbocycles. The molecule has 0 aromatic rings. The summed E-state index contributed by atoms with van der Waals surface area (Å²) < 4.78 is 34.0. The van der Waals surface area contributed by atoms with Crippen molar-refractivity contribution >= 4 is 10.2 Å². The molecule has 7 heteroatoms. The molecular weight excluding hydrogens is 266 g/mol. The van der Waals surface area contributed by atoms with E-state index in [0.717, 1.165) is 12.8 Å². The summed E-state index contributed by atoms with van der Waals surface area (Å²) in [6, 6.07) is 0. The molecule has 0 saturated carbocycles. The third-order valence-corrected chi connectivity index (χ3v) is 5.81. The van der Waals surface area contributed by atoms with Crippen LogP contribution in [0.3, 0.4) is 0 Å². The van der Waals surface area contributed by atoms with Gasteiger partial charge in [0.05, 0.1) is 12.2 Å². The third-order valence-electron chi connectivity index (χ3n) is 3.86. The van der Waals surface area contributed by atoms with Crippen LogP contribution in [0.2, 0.25) is 0 Å².